The molecule has 0 saturated heterocycles. The van der Waals surface area contributed by atoms with Gasteiger partial charge in [-0.1, -0.05) is 0 Å². The van der Waals surface area contributed by atoms with Gasteiger partial charge in [0.25, 0.3) is 0 Å². The molecule has 0 aliphatic rings. The molecule has 0 aliphatic carbocycles. The molecule has 1 heterocycles. The van der Waals surface area contributed by atoms with E-state index in [0.717, 1.165) is 12.3 Å². The maximum atomic E-state index is 11.7. The number of aromatic nitrogens is 1. The van der Waals surface area contributed by atoms with E-state index in [9.17, 15) is 14.5 Å². The molecule has 0 N–H and O–H groups in total. The second-order valence-corrected chi connectivity index (χ2v) is 2.84. The molecule has 1 aromatic rings. The van der Waals surface area contributed by atoms with Gasteiger partial charge in [0.1, 0.15) is 0 Å². The van der Waals surface area contributed by atoms with Crippen molar-refractivity contribution in [2.45, 2.75) is 0 Å². The zero-order valence-corrected chi connectivity index (χ0v) is 7.82. The lowest BCUT2D eigenvalue weighted by molar-refractivity contribution is -0.389. The molecular formula is C6H4BrFN2O3. The van der Waals surface area contributed by atoms with E-state index in [2.05, 4.69) is 25.7 Å². The first-order valence-electron chi connectivity index (χ1n) is 3.14. The van der Waals surface area contributed by atoms with Gasteiger partial charge in [0.05, 0.1) is 10.5 Å². The monoisotopic (exact) mass is 250 g/mol. The molecule has 0 saturated carbocycles. The highest BCUT2D eigenvalue weighted by atomic mass is 79.9. The topological polar surface area (TPSA) is 65.3 Å². The third-order valence-corrected chi connectivity index (χ3v) is 1.82. The van der Waals surface area contributed by atoms with Crippen LogP contribution in [-0.2, 0) is 0 Å². The number of hydrogen-bond acceptors (Lipinski definition) is 4. The van der Waals surface area contributed by atoms with E-state index in [-0.39, 0.29) is 11.6 Å². The molecule has 0 unspecified atom stereocenters. The minimum absolute atomic E-state index is 0.133. The smallest absolute Gasteiger partial charge is 0.364 e. The van der Waals surface area contributed by atoms with E-state index in [1.54, 1.807) is 0 Å². The number of hydrogen-bond donors (Lipinski definition) is 0. The number of ether oxygens (including phenoxy) is 1. The summed E-state index contributed by atoms with van der Waals surface area (Å²) in [6.07, 6.45) is 1.09. The predicted octanol–water partition coefficient (Wildman–Crippen LogP) is 2.06. The van der Waals surface area contributed by atoms with Crippen molar-refractivity contribution in [3.05, 3.63) is 26.9 Å². The van der Waals surface area contributed by atoms with Crippen LogP contribution in [0.25, 0.3) is 0 Å². The first-order valence-corrected chi connectivity index (χ1v) is 3.93. The molecule has 0 atom stereocenters. The Bertz CT molecular complexity index is 334. The second kappa shape index (κ2) is 4.13. The second-order valence-electron chi connectivity index (χ2n) is 1.98. The number of pyridine rings is 1. The van der Waals surface area contributed by atoms with Crippen molar-refractivity contribution in [1.29, 1.82) is 0 Å². The summed E-state index contributed by atoms with van der Waals surface area (Å²) < 4.78 is 16.5. The average molecular weight is 251 g/mol. The highest BCUT2D eigenvalue weighted by Gasteiger charge is 2.11. The molecule has 0 amide bonds. The molecule has 1 rings (SSSR count). The zero-order chi connectivity index (χ0) is 9.84. The van der Waals surface area contributed by atoms with Crippen molar-refractivity contribution < 1.29 is 14.1 Å². The average Bonchev–Trinajstić information content (AvgIpc) is 2.08. The maximum absolute atomic E-state index is 11.7. The van der Waals surface area contributed by atoms with E-state index in [4.69, 9.17) is 0 Å². The van der Waals surface area contributed by atoms with Gasteiger partial charge in [-0.2, -0.15) is 0 Å². The normalized spacial score (nSPS) is 9.69. The number of rotatable bonds is 3. The number of halogens is 2. The Hall–Kier alpha value is -1.24. The fourth-order valence-electron chi connectivity index (χ4n) is 0.673. The van der Waals surface area contributed by atoms with Crippen molar-refractivity contribution in [3.8, 4) is 5.75 Å². The largest absolute Gasteiger partial charge is 0.458 e. The fourth-order valence-corrected chi connectivity index (χ4v) is 1.09. The summed E-state index contributed by atoms with van der Waals surface area (Å²) in [5, 5.41) is 10.2. The summed E-state index contributed by atoms with van der Waals surface area (Å²) in [4.78, 5) is 13.0. The summed E-state index contributed by atoms with van der Waals surface area (Å²) in [6.45, 7) is -1.00. The number of nitrogens with zero attached hydrogens (tertiary/aromatic N) is 2. The summed E-state index contributed by atoms with van der Waals surface area (Å²) in [6, 6.07) is 1.14. The highest BCUT2D eigenvalue weighted by Crippen LogP contribution is 2.26. The standard InChI is InChI=1S/C6H4BrFN2O3/c7-4-1-6(10(11)12)9-2-5(4)13-3-8/h1-2H,3H2. The van der Waals surface area contributed by atoms with Crippen molar-refractivity contribution in [1.82, 2.24) is 4.98 Å². The van der Waals surface area contributed by atoms with Crippen molar-refractivity contribution >= 4 is 21.7 Å². The first-order chi connectivity index (χ1) is 6.15. The minimum Gasteiger partial charge on any atom is -0.458 e. The van der Waals surface area contributed by atoms with Gasteiger partial charge in [-0.25, -0.2) is 4.39 Å². The Morgan fingerprint density at radius 3 is 2.92 bits per heavy atom. The Morgan fingerprint density at radius 1 is 1.77 bits per heavy atom. The lowest BCUT2D eigenvalue weighted by Gasteiger charge is -2.00. The van der Waals surface area contributed by atoms with Crippen LogP contribution in [0.4, 0.5) is 10.2 Å². The van der Waals surface area contributed by atoms with Crippen molar-refractivity contribution in [3.63, 3.8) is 0 Å². The molecular weight excluding hydrogens is 247 g/mol. The third-order valence-electron chi connectivity index (χ3n) is 1.20. The summed E-state index contributed by atoms with van der Waals surface area (Å²) in [7, 11) is 0. The van der Waals surface area contributed by atoms with Gasteiger partial charge in [-0.15, -0.1) is 0 Å². The zero-order valence-electron chi connectivity index (χ0n) is 6.24. The van der Waals surface area contributed by atoms with Crippen LogP contribution in [0.2, 0.25) is 0 Å². The van der Waals surface area contributed by atoms with Gasteiger partial charge < -0.3 is 14.9 Å². The van der Waals surface area contributed by atoms with Crippen LogP contribution in [0.3, 0.4) is 0 Å². The number of alkyl halides is 1. The highest BCUT2D eigenvalue weighted by molar-refractivity contribution is 9.10. The van der Waals surface area contributed by atoms with Crippen LogP contribution >= 0.6 is 15.9 Å². The fraction of sp³-hybridized carbons (Fsp3) is 0.167. The van der Waals surface area contributed by atoms with Gasteiger partial charge in [0.15, 0.2) is 11.9 Å². The Morgan fingerprint density at radius 2 is 2.46 bits per heavy atom. The molecule has 0 aliphatic heterocycles. The summed E-state index contributed by atoms with van der Waals surface area (Å²) in [5.74, 6) is -0.189. The van der Waals surface area contributed by atoms with Crippen LogP contribution < -0.4 is 4.74 Å². The molecule has 0 spiro atoms. The van der Waals surface area contributed by atoms with Gasteiger partial charge in [0.2, 0.25) is 6.86 Å². The van der Waals surface area contributed by atoms with E-state index < -0.39 is 11.8 Å². The molecule has 0 fully saturated rings. The van der Waals surface area contributed by atoms with E-state index in [1.165, 1.54) is 0 Å². The van der Waals surface area contributed by atoms with Crippen molar-refractivity contribution in [2.75, 3.05) is 6.86 Å². The van der Waals surface area contributed by atoms with E-state index in [1.807, 2.05) is 0 Å². The maximum Gasteiger partial charge on any atom is 0.364 e. The Labute approximate surface area is 80.8 Å². The molecule has 5 nitrogen and oxygen atoms in total. The van der Waals surface area contributed by atoms with Crippen molar-refractivity contribution in [2.24, 2.45) is 0 Å². The van der Waals surface area contributed by atoms with Crippen LogP contribution in [-0.4, -0.2) is 16.8 Å². The quantitative estimate of drug-likeness (QED) is 0.609. The number of nitro groups is 1. The SMILES string of the molecule is O=[N+]([O-])c1cc(Br)c(OCF)cn1. The van der Waals surface area contributed by atoms with Gasteiger partial charge in [0, 0.05) is 0 Å². The molecule has 0 bridgehead atoms. The Balaban J connectivity index is 2.98. The van der Waals surface area contributed by atoms with Gasteiger partial charge >= 0.3 is 5.82 Å². The van der Waals surface area contributed by atoms with Crippen LogP contribution in [0, 0.1) is 10.1 Å². The lowest BCUT2D eigenvalue weighted by Crippen LogP contribution is -1.95. The molecule has 0 radical (unpaired) electrons. The summed E-state index contributed by atoms with van der Waals surface area (Å²) >= 11 is 2.98. The molecule has 70 valence electrons. The lowest BCUT2D eigenvalue weighted by atomic mass is 10.4. The Kier molecular flexibility index (Phi) is 3.13. The first kappa shape index (κ1) is 9.85. The molecule has 7 heteroatoms. The molecule has 13 heavy (non-hydrogen) atoms. The van der Waals surface area contributed by atoms with Gasteiger partial charge in [-0.3, -0.25) is 0 Å². The summed E-state index contributed by atoms with van der Waals surface area (Å²) in [5.41, 5.74) is 0. The third kappa shape index (κ3) is 2.35. The van der Waals surface area contributed by atoms with E-state index in [0.29, 0.717) is 4.47 Å². The predicted molar refractivity (Wildman–Crippen MR) is 45.2 cm³/mol. The minimum atomic E-state index is -1.00. The van der Waals surface area contributed by atoms with Crippen LogP contribution in [0.5, 0.6) is 5.75 Å². The molecule has 1 aromatic heterocycles. The van der Waals surface area contributed by atoms with Gasteiger partial charge in [-0.05, 0) is 25.8 Å². The van der Waals surface area contributed by atoms with Crippen LogP contribution in [0.15, 0.2) is 16.7 Å². The van der Waals surface area contributed by atoms with E-state index >= 15 is 0 Å². The molecule has 0 aromatic carbocycles. The van der Waals surface area contributed by atoms with Crippen LogP contribution in [0.1, 0.15) is 0 Å².